The van der Waals surface area contributed by atoms with Gasteiger partial charge in [-0.1, -0.05) is 29.3 Å². The number of piperidine rings is 1. The van der Waals surface area contributed by atoms with Gasteiger partial charge in [-0.2, -0.15) is 18.3 Å². The third-order valence-corrected chi connectivity index (χ3v) is 8.91. The van der Waals surface area contributed by atoms with Crippen LogP contribution in [-0.4, -0.2) is 57.6 Å². The Kier molecular flexibility index (Phi) is 10.5. The van der Waals surface area contributed by atoms with Gasteiger partial charge < -0.3 is 9.64 Å². The predicted molar refractivity (Wildman–Crippen MR) is 160 cm³/mol. The van der Waals surface area contributed by atoms with Gasteiger partial charge in [0.25, 0.3) is 21.8 Å². The normalized spacial score (nSPS) is 14.0. The highest BCUT2D eigenvalue weighted by Gasteiger charge is 2.35. The number of nitrogens with one attached hydrogen (secondary N) is 1. The van der Waals surface area contributed by atoms with Crippen LogP contribution in [0.5, 0.6) is 5.75 Å². The average molecular weight is 651 g/mol. The number of ether oxygens (including phenoxy) is 1. The number of amides is 2. The van der Waals surface area contributed by atoms with Gasteiger partial charge in [-0.25, -0.2) is 13.8 Å². The van der Waals surface area contributed by atoms with Gasteiger partial charge in [0.05, 0.1) is 27.4 Å². The number of alkyl halides is 3. The zero-order valence-corrected chi connectivity index (χ0v) is 25.3. The van der Waals surface area contributed by atoms with Gasteiger partial charge in [-0.3, -0.25) is 13.9 Å². The standard InChI is InChI=1S/C30H30ClF3N4O5S/c1-21-5-12-25(13-6-21)44(41,42)38(23-9-14-27(31)26(17-23)30(32,33)34)19-28(39)36-35-18-22-7-10-24(11-8-22)43-20-29(40)37-15-3-2-4-16-37/h5-14,17-18H,2-4,15-16,19-20H2,1H3,(H,36,39)/b35-18-. The van der Waals surface area contributed by atoms with Crippen molar-refractivity contribution in [1.82, 2.24) is 10.3 Å². The molecule has 1 aliphatic rings. The van der Waals surface area contributed by atoms with E-state index in [1.54, 1.807) is 36.1 Å². The van der Waals surface area contributed by atoms with Crippen LogP contribution >= 0.6 is 11.6 Å². The maximum atomic E-state index is 13.6. The zero-order chi connectivity index (χ0) is 31.9. The maximum Gasteiger partial charge on any atom is 0.417 e. The molecule has 0 unspecified atom stereocenters. The van der Waals surface area contributed by atoms with E-state index in [9.17, 15) is 31.2 Å². The molecule has 1 heterocycles. The SMILES string of the molecule is Cc1ccc(S(=O)(=O)N(CC(=O)N/N=C\c2ccc(OCC(=O)N3CCCCC3)cc2)c2ccc(Cl)c(C(F)(F)F)c2)cc1. The lowest BCUT2D eigenvalue weighted by Crippen LogP contribution is -2.39. The van der Waals surface area contributed by atoms with Crippen molar-refractivity contribution in [1.29, 1.82) is 0 Å². The van der Waals surface area contributed by atoms with Crippen molar-refractivity contribution in [3.8, 4) is 5.75 Å². The summed E-state index contributed by atoms with van der Waals surface area (Å²) in [5.74, 6) is -0.518. The monoisotopic (exact) mass is 650 g/mol. The lowest BCUT2D eigenvalue weighted by atomic mass is 10.1. The summed E-state index contributed by atoms with van der Waals surface area (Å²) in [5, 5.41) is 3.22. The lowest BCUT2D eigenvalue weighted by molar-refractivity contribution is -0.137. The largest absolute Gasteiger partial charge is 0.484 e. The van der Waals surface area contributed by atoms with Crippen molar-refractivity contribution < 1.29 is 35.9 Å². The van der Waals surface area contributed by atoms with Crippen molar-refractivity contribution in [3.63, 3.8) is 0 Å². The summed E-state index contributed by atoms with van der Waals surface area (Å²) in [6.07, 6.45) is -0.482. The highest BCUT2D eigenvalue weighted by Crippen LogP contribution is 2.38. The van der Waals surface area contributed by atoms with Crippen molar-refractivity contribution >= 4 is 45.3 Å². The Labute approximate surface area is 258 Å². The first kappa shape index (κ1) is 32.8. The van der Waals surface area contributed by atoms with Crippen LogP contribution in [0.25, 0.3) is 0 Å². The Morgan fingerprint density at radius 2 is 1.68 bits per heavy atom. The third kappa shape index (κ3) is 8.50. The number of benzene rings is 3. The molecule has 9 nitrogen and oxygen atoms in total. The van der Waals surface area contributed by atoms with Crippen LogP contribution in [0.3, 0.4) is 0 Å². The molecule has 0 saturated carbocycles. The fourth-order valence-electron chi connectivity index (χ4n) is 4.41. The molecule has 0 radical (unpaired) electrons. The first-order valence-corrected chi connectivity index (χ1v) is 15.4. The second-order valence-corrected chi connectivity index (χ2v) is 12.3. The molecular weight excluding hydrogens is 621 g/mol. The van der Waals surface area contributed by atoms with E-state index in [0.29, 0.717) is 21.7 Å². The van der Waals surface area contributed by atoms with Crippen molar-refractivity contribution in [2.45, 2.75) is 37.3 Å². The summed E-state index contributed by atoms with van der Waals surface area (Å²) in [7, 11) is -4.47. The molecule has 3 aromatic rings. The molecule has 1 saturated heterocycles. The van der Waals surface area contributed by atoms with Crippen LogP contribution in [-0.2, 0) is 25.8 Å². The van der Waals surface area contributed by atoms with E-state index in [1.165, 1.54) is 30.5 Å². The molecule has 0 atom stereocenters. The summed E-state index contributed by atoms with van der Waals surface area (Å²) in [6.45, 7) is 2.25. The number of carbonyl (C=O) groups is 2. The van der Waals surface area contributed by atoms with E-state index in [1.807, 2.05) is 0 Å². The molecule has 0 aliphatic carbocycles. The maximum absolute atomic E-state index is 13.6. The number of hydrogen-bond acceptors (Lipinski definition) is 6. The summed E-state index contributed by atoms with van der Waals surface area (Å²) in [4.78, 5) is 26.6. The Balaban J connectivity index is 1.44. The molecule has 1 fully saturated rings. The second kappa shape index (κ2) is 14.1. The predicted octanol–water partition coefficient (Wildman–Crippen LogP) is 5.40. The number of carbonyl (C=O) groups excluding carboxylic acids is 2. The van der Waals surface area contributed by atoms with E-state index in [4.69, 9.17) is 16.3 Å². The third-order valence-electron chi connectivity index (χ3n) is 6.79. The summed E-state index contributed by atoms with van der Waals surface area (Å²) < 4.78 is 73.8. The Morgan fingerprint density at radius 3 is 2.32 bits per heavy atom. The fraction of sp³-hybridized carbons (Fsp3) is 0.300. The van der Waals surface area contributed by atoms with E-state index in [-0.39, 0.29) is 17.4 Å². The minimum Gasteiger partial charge on any atom is -0.484 e. The van der Waals surface area contributed by atoms with Crippen molar-refractivity contribution in [2.24, 2.45) is 5.10 Å². The molecule has 44 heavy (non-hydrogen) atoms. The van der Waals surface area contributed by atoms with Crippen LogP contribution < -0.4 is 14.5 Å². The minimum absolute atomic E-state index is 0.0790. The highest BCUT2D eigenvalue weighted by atomic mass is 35.5. The summed E-state index contributed by atoms with van der Waals surface area (Å²) in [5.41, 5.74) is 1.87. The molecule has 234 valence electrons. The second-order valence-electron chi connectivity index (χ2n) is 10.1. The fourth-order valence-corrected chi connectivity index (χ4v) is 6.05. The first-order chi connectivity index (χ1) is 20.8. The molecule has 2 amide bonds. The smallest absolute Gasteiger partial charge is 0.417 e. The van der Waals surface area contributed by atoms with Crippen molar-refractivity contribution in [2.75, 3.05) is 30.5 Å². The quantitative estimate of drug-likeness (QED) is 0.233. The van der Waals surface area contributed by atoms with Gasteiger partial charge in [-0.15, -0.1) is 0 Å². The van der Waals surface area contributed by atoms with E-state index >= 15 is 0 Å². The van der Waals surface area contributed by atoms with Gasteiger partial charge in [0, 0.05) is 13.1 Å². The van der Waals surface area contributed by atoms with Crippen LogP contribution in [0.15, 0.2) is 76.7 Å². The Morgan fingerprint density at radius 1 is 1.02 bits per heavy atom. The number of hydrogen-bond donors (Lipinski definition) is 1. The molecule has 1 N–H and O–H groups in total. The number of sulfonamides is 1. The molecule has 3 aromatic carbocycles. The van der Waals surface area contributed by atoms with E-state index < -0.39 is 44.9 Å². The number of halogens is 4. The average Bonchev–Trinajstić information content (AvgIpc) is 2.99. The first-order valence-electron chi connectivity index (χ1n) is 13.6. The van der Waals surface area contributed by atoms with Gasteiger partial charge in [0.1, 0.15) is 12.3 Å². The number of hydrazone groups is 1. The van der Waals surface area contributed by atoms with Crippen LogP contribution in [0.4, 0.5) is 18.9 Å². The molecule has 14 heteroatoms. The molecule has 0 bridgehead atoms. The molecular formula is C30H30ClF3N4O5S. The Bertz CT molecular complexity index is 1610. The topological polar surface area (TPSA) is 108 Å². The Hall–Kier alpha value is -4.10. The molecule has 0 spiro atoms. The number of aryl methyl sites for hydroxylation is 1. The zero-order valence-electron chi connectivity index (χ0n) is 23.7. The molecule has 0 aromatic heterocycles. The summed E-state index contributed by atoms with van der Waals surface area (Å²) >= 11 is 5.73. The number of nitrogens with zero attached hydrogens (tertiary/aromatic N) is 3. The number of anilines is 1. The van der Waals surface area contributed by atoms with Gasteiger partial charge >= 0.3 is 6.18 Å². The van der Waals surface area contributed by atoms with Gasteiger partial charge in [0.15, 0.2) is 6.61 Å². The van der Waals surface area contributed by atoms with E-state index in [2.05, 4.69) is 10.5 Å². The van der Waals surface area contributed by atoms with Gasteiger partial charge in [0.2, 0.25) is 0 Å². The number of rotatable bonds is 10. The van der Waals surface area contributed by atoms with Gasteiger partial charge in [-0.05, 0) is 86.3 Å². The summed E-state index contributed by atoms with van der Waals surface area (Å²) in [6, 6.07) is 14.8. The van der Waals surface area contributed by atoms with Crippen molar-refractivity contribution in [3.05, 3.63) is 88.4 Å². The highest BCUT2D eigenvalue weighted by molar-refractivity contribution is 7.92. The molecule has 4 rings (SSSR count). The van der Waals surface area contributed by atoms with Crippen LogP contribution in [0.2, 0.25) is 5.02 Å². The van der Waals surface area contributed by atoms with Crippen LogP contribution in [0.1, 0.15) is 36.0 Å². The number of likely N-dealkylation sites (tertiary alicyclic amines) is 1. The molecule has 1 aliphatic heterocycles. The minimum atomic E-state index is -4.86. The van der Waals surface area contributed by atoms with E-state index in [0.717, 1.165) is 50.0 Å². The van der Waals surface area contributed by atoms with Crippen LogP contribution in [0, 0.1) is 6.92 Å². The lowest BCUT2D eigenvalue weighted by Gasteiger charge is -2.26.